The molecule has 0 saturated heterocycles. The molecule has 4 heteroatoms. The van der Waals surface area contributed by atoms with Gasteiger partial charge in [0.05, 0.1) is 4.24 Å². The summed E-state index contributed by atoms with van der Waals surface area (Å²) < 4.78 is 1.01. The number of fused-ring (bicyclic) bond motifs is 2. The minimum absolute atomic E-state index is 0.662. The molecular weight excluding hydrogens is 429 g/mol. The van der Waals surface area contributed by atoms with E-state index in [-0.39, 0.29) is 0 Å². The lowest BCUT2D eigenvalue weighted by molar-refractivity contribution is 1.33. The molecule has 0 radical (unpaired) electrons. The van der Waals surface area contributed by atoms with Gasteiger partial charge in [0, 0.05) is 20.4 Å². The van der Waals surface area contributed by atoms with Crippen LogP contribution in [0.4, 0.5) is 0 Å². The van der Waals surface area contributed by atoms with Crippen molar-refractivity contribution in [3.8, 4) is 0 Å². The standard InChI is InChI=1S/C25H22S4/c1-16-11-18-7-3-5-9-20(18)13-22(16)28-24(15-26)25(27)29-23-14-21-10-6-4-8-19(21)12-17(23)2/h3-14,26-27H,15H2,1-2H3/b25-24+. The van der Waals surface area contributed by atoms with Gasteiger partial charge in [0.15, 0.2) is 0 Å². The first-order valence-electron chi connectivity index (χ1n) is 9.42. The Morgan fingerprint density at radius 1 is 0.690 bits per heavy atom. The van der Waals surface area contributed by atoms with Gasteiger partial charge in [0.25, 0.3) is 0 Å². The SMILES string of the molecule is Cc1cc2ccccc2cc1S/C(S)=C(\CS)Sc1cc2ccccc2cc1C. The number of rotatable bonds is 5. The Kier molecular flexibility index (Phi) is 6.55. The Labute approximate surface area is 192 Å². The Hall–Kier alpha value is -1.46. The summed E-state index contributed by atoms with van der Waals surface area (Å²) in [7, 11) is 0. The zero-order valence-corrected chi connectivity index (χ0v) is 19.8. The summed E-state index contributed by atoms with van der Waals surface area (Å²) in [6.45, 7) is 4.33. The van der Waals surface area contributed by atoms with Gasteiger partial charge < -0.3 is 0 Å². The van der Waals surface area contributed by atoms with E-state index in [1.54, 1.807) is 23.5 Å². The molecule has 0 nitrogen and oxygen atoms in total. The van der Waals surface area contributed by atoms with Crippen LogP contribution in [0.3, 0.4) is 0 Å². The van der Waals surface area contributed by atoms with E-state index in [9.17, 15) is 0 Å². The van der Waals surface area contributed by atoms with Crippen LogP contribution in [0.25, 0.3) is 21.5 Å². The second-order valence-corrected chi connectivity index (χ2v) is 10.3. The molecule has 0 aromatic heterocycles. The summed E-state index contributed by atoms with van der Waals surface area (Å²) in [5, 5.41) is 5.07. The molecule has 146 valence electrons. The first kappa shape index (κ1) is 20.8. The van der Waals surface area contributed by atoms with Gasteiger partial charge in [-0.15, -0.1) is 12.6 Å². The lowest BCUT2D eigenvalue weighted by Gasteiger charge is -2.13. The fourth-order valence-corrected chi connectivity index (χ4v) is 6.29. The second kappa shape index (κ2) is 9.13. The molecule has 0 atom stereocenters. The summed E-state index contributed by atoms with van der Waals surface area (Å²) in [5.41, 5.74) is 2.55. The van der Waals surface area contributed by atoms with Crippen LogP contribution in [0.15, 0.2) is 91.7 Å². The molecule has 0 heterocycles. The third-order valence-corrected chi connectivity index (χ3v) is 8.62. The zero-order valence-electron chi connectivity index (χ0n) is 16.3. The largest absolute Gasteiger partial charge is 0.174 e. The van der Waals surface area contributed by atoms with Crippen molar-refractivity contribution in [1.82, 2.24) is 0 Å². The van der Waals surface area contributed by atoms with Crippen molar-refractivity contribution in [3.63, 3.8) is 0 Å². The van der Waals surface area contributed by atoms with E-state index in [4.69, 9.17) is 12.6 Å². The Morgan fingerprint density at radius 2 is 1.10 bits per heavy atom. The van der Waals surface area contributed by atoms with Gasteiger partial charge in [-0.05, 0) is 58.7 Å². The lowest BCUT2D eigenvalue weighted by atomic mass is 10.1. The third-order valence-electron chi connectivity index (χ3n) is 4.91. The number of hydrogen-bond donors (Lipinski definition) is 2. The van der Waals surface area contributed by atoms with Gasteiger partial charge in [-0.1, -0.05) is 84.2 Å². The van der Waals surface area contributed by atoms with E-state index in [0.717, 1.165) is 4.24 Å². The highest BCUT2D eigenvalue weighted by atomic mass is 32.2. The molecule has 0 aliphatic heterocycles. The number of thioether (sulfide) groups is 2. The first-order valence-corrected chi connectivity index (χ1v) is 12.1. The lowest BCUT2D eigenvalue weighted by Crippen LogP contribution is -1.88. The van der Waals surface area contributed by atoms with E-state index in [0.29, 0.717) is 5.75 Å². The highest BCUT2D eigenvalue weighted by Gasteiger charge is 2.11. The monoisotopic (exact) mass is 450 g/mol. The average molecular weight is 451 g/mol. The zero-order chi connectivity index (χ0) is 20.4. The minimum Gasteiger partial charge on any atom is -0.174 e. The van der Waals surface area contributed by atoms with Crippen molar-refractivity contribution in [1.29, 1.82) is 0 Å². The summed E-state index contributed by atoms with van der Waals surface area (Å²) in [6, 6.07) is 26.0. The highest BCUT2D eigenvalue weighted by Crippen LogP contribution is 2.42. The molecule has 4 rings (SSSR count). The van der Waals surface area contributed by atoms with E-state index < -0.39 is 0 Å². The van der Waals surface area contributed by atoms with Crippen molar-refractivity contribution in [2.75, 3.05) is 5.75 Å². The second-order valence-electron chi connectivity index (χ2n) is 7.02. The average Bonchev–Trinajstić information content (AvgIpc) is 2.72. The van der Waals surface area contributed by atoms with E-state index >= 15 is 0 Å². The normalized spacial score (nSPS) is 12.4. The van der Waals surface area contributed by atoms with Crippen LogP contribution >= 0.6 is 48.8 Å². The molecule has 0 saturated carbocycles. The van der Waals surface area contributed by atoms with Gasteiger partial charge in [0.2, 0.25) is 0 Å². The fraction of sp³-hybridized carbons (Fsp3) is 0.120. The van der Waals surface area contributed by atoms with Crippen molar-refractivity contribution < 1.29 is 0 Å². The molecule has 0 aliphatic rings. The van der Waals surface area contributed by atoms with Crippen LogP contribution in [0.5, 0.6) is 0 Å². The Balaban J connectivity index is 1.66. The molecular formula is C25H22S4. The maximum Gasteiger partial charge on any atom is 0.0526 e. The summed E-state index contributed by atoms with van der Waals surface area (Å²) in [4.78, 5) is 3.67. The van der Waals surface area contributed by atoms with E-state index in [2.05, 4.69) is 99.3 Å². The van der Waals surface area contributed by atoms with Crippen LogP contribution < -0.4 is 0 Å². The maximum absolute atomic E-state index is 4.87. The van der Waals surface area contributed by atoms with Crippen LogP contribution in [0.1, 0.15) is 11.1 Å². The van der Waals surface area contributed by atoms with Crippen LogP contribution in [0.2, 0.25) is 0 Å². The molecule has 4 aromatic carbocycles. The first-order chi connectivity index (χ1) is 14.0. The molecule has 29 heavy (non-hydrogen) atoms. The summed E-state index contributed by atoms with van der Waals surface area (Å²) in [5.74, 6) is 0.662. The van der Waals surface area contributed by atoms with Gasteiger partial charge >= 0.3 is 0 Å². The van der Waals surface area contributed by atoms with Crippen LogP contribution in [-0.4, -0.2) is 5.75 Å². The van der Waals surface area contributed by atoms with Crippen molar-refractivity contribution in [2.45, 2.75) is 23.6 Å². The van der Waals surface area contributed by atoms with Gasteiger partial charge in [-0.25, -0.2) is 0 Å². The maximum atomic E-state index is 4.87. The van der Waals surface area contributed by atoms with E-state index in [1.807, 2.05) is 0 Å². The van der Waals surface area contributed by atoms with Gasteiger partial charge in [0.1, 0.15) is 0 Å². The molecule has 0 spiro atoms. The van der Waals surface area contributed by atoms with Gasteiger partial charge in [-0.2, -0.15) is 12.6 Å². The number of benzene rings is 4. The quantitative estimate of drug-likeness (QED) is 0.231. The molecule has 0 unspecified atom stereocenters. The molecule has 0 aliphatic carbocycles. The molecule has 0 bridgehead atoms. The predicted octanol–water partition coefficient (Wildman–Crippen LogP) is 8.52. The fourth-order valence-electron chi connectivity index (χ4n) is 3.32. The van der Waals surface area contributed by atoms with Gasteiger partial charge in [-0.3, -0.25) is 0 Å². The van der Waals surface area contributed by atoms with Crippen LogP contribution in [0, 0.1) is 13.8 Å². The topological polar surface area (TPSA) is 0 Å². The third kappa shape index (κ3) is 4.66. The highest BCUT2D eigenvalue weighted by molar-refractivity contribution is 8.17. The number of thiol groups is 2. The van der Waals surface area contributed by atoms with Crippen molar-refractivity contribution >= 4 is 70.3 Å². The molecule has 0 amide bonds. The molecule has 4 aromatic rings. The summed E-state index contributed by atoms with van der Waals surface area (Å²) in [6.07, 6.45) is 0. The molecule has 0 N–H and O–H groups in total. The number of aryl methyl sites for hydroxylation is 2. The molecule has 0 fully saturated rings. The Morgan fingerprint density at radius 3 is 1.55 bits per heavy atom. The van der Waals surface area contributed by atoms with Crippen molar-refractivity contribution in [2.24, 2.45) is 0 Å². The number of hydrogen-bond acceptors (Lipinski definition) is 4. The predicted molar refractivity (Wildman–Crippen MR) is 139 cm³/mol. The van der Waals surface area contributed by atoms with Crippen molar-refractivity contribution in [3.05, 3.63) is 93.1 Å². The minimum atomic E-state index is 0.662. The summed E-state index contributed by atoms with van der Waals surface area (Å²) >= 11 is 13.0. The smallest absolute Gasteiger partial charge is 0.0526 e. The Bertz CT molecular complexity index is 1220. The van der Waals surface area contributed by atoms with Crippen LogP contribution in [-0.2, 0) is 0 Å². The van der Waals surface area contributed by atoms with E-state index in [1.165, 1.54) is 47.4 Å².